The Morgan fingerprint density at radius 2 is 1.67 bits per heavy atom. The number of ether oxygens (including phenoxy) is 4. The van der Waals surface area contributed by atoms with Gasteiger partial charge < -0.3 is 23.4 Å². The molecule has 0 aromatic heterocycles. The molecule has 0 aliphatic heterocycles. The molecule has 0 saturated carbocycles. The molecule has 0 saturated heterocycles. The average molecular weight is 612 g/mol. The SMILES string of the molecule is COC(=O)CCCC(C)(C)C(=O)Oc1cc(COC(=O)/C=C/c2cccc(C)c2CO[Si](C)CC(C)(C)C)ccc1OC. The summed E-state index contributed by atoms with van der Waals surface area (Å²) in [5.74, 6) is -0.672. The summed E-state index contributed by atoms with van der Waals surface area (Å²) in [7, 11) is 1.86. The van der Waals surface area contributed by atoms with Crippen molar-refractivity contribution in [2.24, 2.45) is 10.8 Å². The highest BCUT2D eigenvalue weighted by atomic mass is 28.3. The molecule has 0 N–H and O–H groups in total. The van der Waals surface area contributed by atoms with Crippen molar-refractivity contribution in [1.29, 1.82) is 0 Å². The minimum atomic E-state index is -0.953. The highest BCUT2D eigenvalue weighted by molar-refractivity contribution is 6.50. The van der Waals surface area contributed by atoms with Crippen molar-refractivity contribution < 1.29 is 37.8 Å². The normalized spacial score (nSPS) is 12.0. The maximum Gasteiger partial charge on any atom is 0.331 e. The van der Waals surface area contributed by atoms with E-state index in [1.54, 1.807) is 38.1 Å². The number of benzene rings is 2. The van der Waals surface area contributed by atoms with Gasteiger partial charge in [-0.2, -0.15) is 0 Å². The molecule has 0 aliphatic carbocycles. The van der Waals surface area contributed by atoms with E-state index < -0.39 is 26.4 Å². The smallest absolute Gasteiger partial charge is 0.331 e. The van der Waals surface area contributed by atoms with Crippen molar-refractivity contribution >= 4 is 33.0 Å². The van der Waals surface area contributed by atoms with E-state index in [4.69, 9.17) is 18.6 Å². The summed E-state index contributed by atoms with van der Waals surface area (Å²) in [6.07, 6.45) is 4.32. The summed E-state index contributed by atoms with van der Waals surface area (Å²) >= 11 is 0. The molecule has 1 radical (unpaired) electrons. The Morgan fingerprint density at radius 1 is 0.953 bits per heavy atom. The molecule has 2 aromatic rings. The molecule has 0 fully saturated rings. The summed E-state index contributed by atoms with van der Waals surface area (Å²) in [6, 6.07) is 12.0. The predicted octanol–water partition coefficient (Wildman–Crippen LogP) is 7.22. The molecule has 235 valence electrons. The van der Waals surface area contributed by atoms with Gasteiger partial charge >= 0.3 is 17.9 Å². The van der Waals surface area contributed by atoms with Gasteiger partial charge in [0.15, 0.2) is 11.5 Å². The van der Waals surface area contributed by atoms with Gasteiger partial charge in [0, 0.05) is 12.5 Å². The lowest BCUT2D eigenvalue weighted by Crippen LogP contribution is -2.29. The van der Waals surface area contributed by atoms with Crippen LogP contribution in [0.4, 0.5) is 0 Å². The van der Waals surface area contributed by atoms with Crippen LogP contribution in [0.5, 0.6) is 11.5 Å². The van der Waals surface area contributed by atoms with Gasteiger partial charge in [-0.1, -0.05) is 45.0 Å². The first-order valence-electron chi connectivity index (χ1n) is 14.5. The number of carbonyl (C=O) groups is 3. The van der Waals surface area contributed by atoms with E-state index in [0.717, 1.165) is 22.7 Å². The Morgan fingerprint density at radius 3 is 2.33 bits per heavy atom. The summed E-state index contributed by atoms with van der Waals surface area (Å²) < 4.78 is 27.4. The van der Waals surface area contributed by atoms with Crippen molar-refractivity contribution in [3.8, 4) is 11.5 Å². The van der Waals surface area contributed by atoms with Crippen molar-refractivity contribution in [2.45, 2.75) is 86.6 Å². The van der Waals surface area contributed by atoms with Gasteiger partial charge in [-0.05, 0) is 92.1 Å². The third kappa shape index (κ3) is 12.4. The molecule has 0 unspecified atom stereocenters. The molecular weight excluding hydrogens is 564 g/mol. The fourth-order valence-electron chi connectivity index (χ4n) is 4.44. The van der Waals surface area contributed by atoms with Gasteiger partial charge in [0.05, 0.1) is 26.2 Å². The largest absolute Gasteiger partial charge is 0.493 e. The van der Waals surface area contributed by atoms with Crippen LogP contribution in [0.15, 0.2) is 42.5 Å². The quantitative estimate of drug-likeness (QED) is 0.0901. The van der Waals surface area contributed by atoms with Gasteiger partial charge in [-0.15, -0.1) is 0 Å². The van der Waals surface area contributed by atoms with Gasteiger partial charge in [0.25, 0.3) is 0 Å². The fourth-order valence-corrected chi connectivity index (χ4v) is 6.43. The second kappa shape index (κ2) is 16.4. The molecule has 0 atom stereocenters. The van der Waals surface area contributed by atoms with Crippen LogP contribution >= 0.6 is 0 Å². The number of rotatable bonds is 15. The van der Waals surface area contributed by atoms with Crippen LogP contribution < -0.4 is 9.47 Å². The fraction of sp³-hybridized carbons (Fsp3) is 0.500. The molecule has 43 heavy (non-hydrogen) atoms. The summed E-state index contributed by atoms with van der Waals surface area (Å²) in [5, 5.41) is 0. The van der Waals surface area contributed by atoms with Crippen LogP contribution in [0.25, 0.3) is 6.08 Å². The molecule has 2 aromatic carbocycles. The van der Waals surface area contributed by atoms with E-state index in [-0.39, 0.29) is 30.2 Å². The van der Waals surface area contributed by atoms with Crippen molar-refractivity contribution in [1.82, 2.24) is 0 Å². The van der Waals surface area contributed by atoms with E-state index in [1.165, 1.54) is 20.3 Å². The second-order valence-electron chi connectivity index (χ2n) is 12.5. The third-order valence-electron chi connectivity index (χ3n) is 6.86. The van der Waals surface area contributed by atoms with Gasteiger partial charge in [0.2, 0.25) is 9.04 Å². The third-order valence-corrected chi connectivity index (χ3v) is 9.06. The first-order valence-corrected chi connectivity index (χ1v) is 16.6. The topological polar surface area (TPSA) is 97.4 Å². The Labute approximate surface area is 258 Å². The lowest BCUT2D eigenvalue weighted by molar-refractivity contribution is -0.146. The maximum absolute atomic E-state index is 12.9. The standard InChI is InChI=1S/C34H47O8Si/c1-24-12-10-13-26(27(24)22-41-43(9)23-33(2,3)4)16-18-31(36)40-21-25-15-17-28(38-7)29(20-25)42-32(37)34(5,6)19-11-14-30(35)39-8/h10,12-13,15-18,20H,11,14,19,21-23H2,1-9H3/b18-16+. The number of carbonyl (C=O) groups excluding carboxylic acids is 3. The van der Waals surface area contributed by atoms with Crippen LogP contribution in [0, 0.1) is 17.8 Å². The number of esters is 3. The Kier molecular flexibility index (Phi) is 13.7. The van der Waals surface area contributed by atoms with E-state index in [1.807, 2.05) is 25.1 Å². The van der Waals surface area contributed by atoms with Crippen LogP contribution in [0.3, 0.4) is 0 Å². The average Bonchev–Trinajstić information content (AvgIpc) is 2.93. The van der Waals surface area contributed by atoms with Crippen molar-refractivity contribution in [3.63, 3.8) is 0 Å². The van der Waals surface area contributed by atoms with E-state index in [9.17, 15) is 14.4 Å². The first kappa shape index (κ1) is 35.8. The number of aryl methyl sites for hydroxylation is 1. The zero-order valence-electron chi connectivity index (χ0n) is 27.1. The van der Waals surface area contributed by atoms with Crippen LogP contribution in [-0.4, -0.2) is 41.2 Å². The summed E-state index contributed by atoms with van der Waals surface area (Å²) in [4.78, 5) is 37.0. The first-order chi connectivity index (χ1) is 20.1. The summed E-state index contributed by atoms with van der Waals surface area (Å²) in [5.41, 5.74) is 3.09. The maximum atomic E-state index is 12.9. The van der Waals surface area contributed by atoms with Gasteiger partial charge in [0.1, 0.15) is 6.61 Å². The monoisotopic (exact) mass is 611 g/mol. The molecule has 9 heteroatoms. The van der Waals surface area contributed by atoms with Crippen LogP contribution in [0.2, 0.25) is 12.6 Å². The predicted molar refractivity (Wildman–Crippen MR) is 169 cm³/mol. The zero-order valence-corrected chi connectivity index (χ0v) is 28.1. The minimum Gasteiger partial charge on any atom is -0.493 e. The molecule has 0 amide bonds. The molecule has 0 bridgehead atoms. The minimum absolute atomic E-state index is 0.0154. The highest BCUT2D eigenvalue weighted by Crippen LogP contribution is 2.33. The molecular formula is C34H47O8Si. The van der Waals surface area contributed by atoms with E-state index in [0.29, 0.717) is 30.8 Å². The molecule has 0 aliphatic rings. The van der Waals surface area contributed by atoms with E-state index >= 15 is 0 Å². The molecule has 0 spiro atoms. The Bertz CT molecular complexity index is 1280. The highest BCUT2D eigenvalue weighted by Gasteiger charge is 2.30. The lowest BCUT2D eigenvalue weighted by Gasteiger charge is -2.23. The van der Waals surface area contributed by atoms with Crippen LogP contribution in [0.1, 0.15) is 76.1 Å². The zero-order chi connectivity index (χ0) is 32.2. The number of hydrogen-bond acceptors (Lipinski definition) is 8. The molecule has 2 rings (SSSR count). The second-order valence-corrected chi connectivity index (χ2v) is 14.5. The molecule has 0 heterocycles. The van der Waals surface area contributed by atoms with Crippen molar-refractivity contribution in [3.05, 3.63) is 64.7 Å². The Balaban J connectivity index is 2.03. The van der Waals surface area contributed by atoms with Gasteiger partial charge in [-0.25, -0.2) is 4.79 Å². The number of methoxy groups -OCH3 is 2. The molecule has 8 nitrogen and oxygen atoms in total. The van der Waals surface area contributed by atoms with Gasteiger partial charge in [-0.3, -0.25) is 9.59 Å². The summed E-state index contributed by atoms with van der Waals surface area (Å²) in [6.45, 7) is 14.9. The van der Waals surface area contributed by atoms with E-state index in [2.05, 4.69) is 32.1 Å². The van der Waals surface area contributed by atoms with Crippen molar-refractivity contribution in [2.75, 3.05) is 14.2 Å². The Hall–Kier alpha value is -3.43. The van der Waals surface area contributed by atoms with Crippen LogP contribution in [-0.2, 0) is 41.5 Å². The lowest BCUT2D eigenvalue weighted by atomic mass is 9.87. The number of hydrogen-bond donors (Lipinski definition) is 0.